The predicted molar refractivity (Wildman–Crippen MR) is 55.2 cm³/mol. The molecule has 0 aliphatic carbocycles. The number of rotatable bonds is 2. The molecule has 5 atom stereocenters. The van der Waals surface area contributed by atoms with Crippen LogP contribution in [0.25, 0.3) is 0 Å². The molecule has 2 aliphatic heterocycles. The van der Waals surface area contributed by atoms with E-state index in [0.29, 0.717) is 6.04 Å². The maximum atomic E-state index is 5.84. The van der Waals surface area contributed by atoms with Crippen molar-refractivity contribution in [2.75, 3.05) is 21.2 Å². The van der Waals surface area contributed by atoms with Gasteiger partial charge in [0.25, 0.3) is 0 Å². The molecule has 5 heteroatoms. The van der Waals surface area contributed by atoms with Crippen molar-refractivity contribution < 1.29 is 14.2 Å². The maximum absolute atomic E-state index is 5.84. The first-order valence-corrected chi connectivity index (χ1v) is 5.40. The van der Waals surface area contributed by atoms with E-state index in [9.17, 15) is 0 Å². The van der Waals surface area contributed by atoms with Gasteiger partial charge in [-0.3, -0.25) is 10.2 Å². The third-order valence-electron chi connectivity index (χ3n) is 3.25. The predicted octanol–water partition coefficient (Wildman–Crippen LogP) is -0.0301. The second-order valence-electron chi connectivity index (χ2n) is 4.26. The van der Waals surface area contributed by atoms with Crippen molar-refractivity contribution in [3.05, 3.63) is 0 Å². The molecule has 2 fully saturated rings. The Morgan fingerprint density at radius 3 is 2.73 bits per heavy atom. The molecule has 0 aromatic carbocycles. The molecule has 2 rings (SSSR count). The Morgan fingerprint density at radius 1 is 1.40 bits per heavy atom. The minimum atomic E-state index is -0.250. The number of hydrogen-bond donors (Lipinski definition) is 1. The van der Waals surface area contributed by atoms with Crippen LogP contribution in [0.5, 0.6) is 0 Å². The molecule has 0 spiro atoms. The van der Waals surface area contributed by atoms with E-state index in [-0.39, 0.29) is 24.8 Å². The van der Waals surface area contributed by atoms with Crippen LogP contribution in [0.4, 0.5) is 0 Å². The number of fused-ring (bicyclic) bond motifs is 1. The molecular formula is C10H20N2O3. The number of hydrogen-bond acceptors (Lipinski definition) is 5. The lowest BCUT2D eigenvalue weighted by molar-refractivity contribution is -0.233. The molecule has 5 nitrogen and oxygen atoms in total. The molecule has 0 amide bonds. The molecule has 0 bridgehead atoms. The van der Waals surface area contributed by atoms with Gasteiger partial charge in [-0.15, -0.1) is 0 Å². The molecule has 0 radical (unpaired) electrons. The summed E-state index contributed by atoms with van der Waals surface area (Å²) in [5.74, 6) is 0. The van der Waals surface area contributed by atoms with Crippen LogP contribution in [0.1, 0.15) is 13.3 Å². The van der Waals surface area contributed by atoms with Gasteiger partial charge in [0, 0.05) is 13.2 Å². The molecule has 2 saturated heterocycles. The molecule has 88 valence electrons. The van der Waals surface area contributed by atoms with Gasteiger partial charge in [0.1, 0.15) is 6.10 Å². The summed E-state index contributed by atoms with van der Waals surface area (Å²) in [6, 6.07) is 0.371. The lowest BCUT2D eigenvalue weighted by Gasteiger charge is -2.36. The van der Waals surface area contributed by atoms with Gasteiger partial charge in [-0.25, -0.2) is 0 Å². The number of ether oxygens (including phenoxy) is 3. The summed E-state index contributed by atoms with van der Waals surface area (Å²) in [4.78, 5) is 2.20. The Balaban J connectivity index is 2.11. The molecule has 0 saturated carbocycles. The Labute approximate surface area is 90.7 Å². The standard InChI is InChI=1S/C10H20N2O3/c1-6-5-7-8(9(13-4)14-6)15-10(11-2)12(7)3/h6-11H,5H2,1-4H3/t6-,7+,8-,9-,10?/m1/s1. The monoisotopic (exact) mass is 216 g/mol. The smallest absolute Gasteiger partial charge is 0.185 e. The van der Waals surface area contributed by atoms with E-state index < -0.39 is 0 Å². The number of likely N-dealkylation sites (N-methyl/N-ethyl adjacent to an activating group) is 1. The van der Waals surface area contributed by atoms with Crippen molar-refractivity contribution in [3.63, 3.8) is 0 Å². The first-order chi connectivity index (χ1) is 7.17. The van der Waals surface area contributed by atoms with Crippen LogP contribution >= 0.6 is 0 Å². The van der Waals surface area contributed by atoms with Crippen LogP contribution < -0.4 is 5.32 Å². The van der Waals surface area contributed by atoms with Crippen LogP contribution in [0, 0.1) is 0 Å². The van der Waals surface area contributed by atoms with Crippen LogP contribution in [0.2, 0.25) is 0 Å². The average molecular weight is 216 g/mol. The van der Waals surface area contributed by atoms with Crippen LogP contribution in [-0.2, 0) is 14.2 Å². The summed E-state index contributed by atoms with van der Waals surface area (Å²) >= 11 is 0. The van der Waals surface area contributed by atoms with Crippen molar-refractivity contribution in [3.8, 4) is 0 Å². The summed E-state index contributed by atoms with van der Waals surface area (Å²) in [7, 11) is 5.62. The van der Waals surface area contributed by atoms with E-state index in [1.807, 2.05) is 7.05 Å². The zero-order valence-electron chi connectivity index (χ0n) is 9.77. The lowest BCUT2D eigenvalue weighted by Crippen LogP contribution is -2.50. The Bertz CT molecular complexity index is 227. The zero-order valence-corrected chi connectivity index (χ0v) is 9.77. The van der Waals surface area contributed by atoms with Crippen LogP contribution in [0.15, 0.2) is 0 Å². The summed E-state index contributed by atoms with van der Waals surface area (Å²) in [6.45, 7) is 2.07. The highest BCUT2D eigenvalue weighted by molar-refractivity contribution is 4.92. The normalized spacial score (nSPS) is 46.8. The highest BCUT2D eigenvalue weighted by atomic mass is 16.7. The van der Waals surface area contributed by atoms with Gasteiger partial charge >= 0.3 is 0 Å². The van der Waals surface area contributed by atoms with Gasteiger partial charge in [0.2, 0.25) is 0 Å². The molecule has 1 unspecified atom stereocenters. The highest BCUT2D eigenvalue weighted by Gasteiger charge is 2.48. The van der Waals surface area contributed by atoms with Gasteiger partial charge in [-0.1, -0.05) is 0 Å². The van der Waals surface area contributed by atoms with Crippen LogP contribution in [0.3, 0.4) is 0 Å². The SMILES string of the molecule is CNC1O[C@H]2[C@H](OC)O[C@H](C)C[C@@H]2N1C. The van der Waals surface area contributed by atoms with E-state index in [2.05, 4.69) is 24.2 Å². The van der Waals surface area contributed by atoms with Crippen molar-refractivity contribution in [1.29, 1.82) is 0 Å². The fourth-order valence-electron chi connectivity index (χ4n) is 2.45. The van der Waals surface area contributed by atoms with Crippen molar-refractivity contribution in [2.45, 2.75) is 44.2 Å². The van der Waals surface area contributed by atoms with Crippen molar-refractivity contribution in [2.24, 2.45) is 0 Å². The number of nitrogens with one attached hydrogen (secondary N) is 1. The fraction of sp³-hybridized carbons (Fsp3) is 1.00. The first-order valence-electron chi connectivity index (χ1n) is 5.40. The average Bonchev–Trinajstić information content (AvgIpc) is 2.55. The second-order valence-corrected chi connectivity index (χ2v) is 4.26. The van der Waals surface area contributed by atoms with E-state index in [1.165, 1.54) is 0 Å². The van der Waals surface area contributed by atoms with Gasteiger partial charge in [0.05, 0.1) is 6.10 Å². The minimum absolute atomic E-state index is 0.00801. The summed E-state index contributed by atoms with van der Waals surface area (Å²) < 4.78 is 16.8. The Kier molecular flexibility index (Phi) is 3.27. The fourth-order valence-corrected chi connectivity index (χ4v) is 2.45. The molecule has 0 aromatic rings. The van der Waals surface area contributed by atoms with Crippen LogP contribution in [-0.4, -0.2) is 57.0 Å². The van der Waals surface area contributed by atoms with Crippen molar-refractivity contribution in [1.82, 2.24) is 10.2 Å². The summed E-state index contributed by atoms with van der Waals surface area (Å²) in [5.41, 5.74) is 0. The lowest BCUT2D eigenvalue weighted by atomic mass is 10.0. The van der Waals surface area contributed by atoms with E-state index in [4.69, 9.17) is 14.2 Å². The van der Waals surface area contributed by atoms with Gasteiger partial charge < -0.3 is 14.2 Å². The molecule has 15 heavy (non-hydrogen) atoms. The van der Waals surface area contributed by atoms with Gasteiger partial charge in [-0.05, 0) is 27.4 Å². The topological polar surface area (TPSA) is 43.0 Å². The minimum Gasteiger partial charge on any atom is -0.353 e. The molecule has 0 aromatic heterocycles. The zero-order chi connectivity index (χ0) is 11.0. The second kappa shape index (κ2) is 4.35. The van der Waals surface area contributed by atoms with Gasteiger partial charge in [-0.2, -0.15) is 0 Å². The first kappa shape index (κ1) is 11.3. The molecule has 1 N–H and O–H groups in total. The third-order valence-corrected chi connectivity index (χ3v) is 3.25. The molecule has 2 aliphatic rings. The largest absolute Gasteiger partial charge is 0.353 e. The highest BCUT2D eigenvalue weighted by Crippen LogP contribution is 2.32. The van der Waals surface area contributed by atoms with E-state index >= 15 is 0 Å². The molecular weight excluding hydrogens is 196 g/mol. The Hall–Kier alpha value is -0.200. The summed E-state index contributed by atoms with van der Waals surface area (Å²) in [5, 5.41) is 3.12. The Morgan fingerprint density at radius 2 is 2.13 bits per heavy atom. The maximum Gasteiger partial charge on any atom is 0.185 e. The number of nitrogens with zero attached hydrogens (tertiary/aromatic N) is 1. The van der Waals surface area contributed by atoms with Crippen molar-refractivity contribution >= 4 is 0 Å². The quantitative estimate of drug-likeness (QED) is 0.702. The molecule has 2 heterocycles. The summed E-state index contributed by atoms with van der Waals surface area (Å²) in [6.07, 6.45) is 0.928. The third kappa shape index (κ3) is 1.90. The number of methoxy groups -OCH3 is 1. The van der Waals surface area contributed by atoms with E-state index in [1.54, 1.807) is 7.11 Å². The van der Waals surface area contributed by atoms with E-state index in [0.717, 1.165) is 6.42 Å². The van der Waals surface area contributed by atoms with Gasteiger partial charge in [0.15, 0.2) is 12.6 Å².